The molecule has 0 amide bonds. The highest BCUT2D eigenvalue weighted by Crippen LogP contribution is 2.12. The first-order valence-electron chi connectivity index (χ1n) is 4.21. The molecule has 1 aliphatic rings. The van der Waals surface area contributed by atoms with Crippen molar-refractivity contribution in [3.63, 3.8) is 0 Å². The van der Waals surface area contributed by atoms with Gasteiger partial charge in [0.1, 0.15) is 24.4 Å². The van der Waals surface area contributed by atoms with Gasteiger partial charge in [0.2, 0.25) is 0 Å². The predicted molar refractivity (Wildman–Crippen MR) is 45.0 cm³/mol. The van der Waals surface area contributed by atoms with Crippen LogP contribution in [0.2, 0.25) is 0 Å². The van der Waals surface area contributed by atoms with Gasteiger partial charge in [0.15, 0.2) is 9.84 Å². The van der Waals surface area contributed by atoms with Gasteiger partial charge in [-0.15, -0.1) is 0 Å². The number of sulfone groups is 1. The van der Waals surface area contributed by atoms with Crippen LogP contribution in [-0.4, -0.2) is 51.7 Å². The molecule has 0 bridgehead atoms. The van der Waals surface area contributed by atoms with Gasteiger partial charge in [-0.1, -0.05) is 0 Å². The fraction of sp³-hybridized carbons (Fsp3) is 0.857. The molecule has 0 aliphatic carbocycles. The van der Waals surface area contributed by atoms with Crippen LogP contribution in [0.1, 0.15) is 0 Å². The number of hydrogen-bond donors (Lipinski definition) is 1. The third-order valence-corrected chi connectivity index (χ3v) is 3.96. The molecule has 0 aromatic rings. The number of carboxylic acids is 1. The molecule has 82 valence electrons. The molecular weight excluding hydrogens is 210 g/mol. The van der Waals surface area contributed by atoms with E-state index >= 15 is 0 Å². The Balaban J connectivity index is 2.55. The standard InChI is InChI=1S/C7H13NO5S/c1-13-6-4-14(11,12)3-5(6)8-2-7(9)10/h5-6,8H,2-4H2,1H3,(H,9,10)/t5-,6-/m1/s1. The lowest BCUT2D eigenvalue weighted by molar-refractivity contribution is -0.685. The molecular formula is C7H13NO5S. The van der Waals surface area contributed by atoms with E-state index in [1.165, 1.54) is 12.4 Å². The molecule has 2 atom stereocenters. The molecule has 6 nitrogen and oxygen atoms in total. The van der Waals surface area contributed by atoms with Crippen molar-refractivity contribution in [3.05, 3.63) is 0 Å². The molecule has 0 unspecified atom stereocenters. The van der Waals surface area contributed by atoms with Gasteiger partial charge in [0.25, 0.3) is 0 Å². The summed E-state index contributed by atoms with van der Waals surface area (Å²) in [6.45, 7) is -0.236. The van der Waals surface area contributed by atoms with Gasteiger partial charge >= 0.3 is 0 Å². The van der Waals surface area contributed by atoms with E-state index in [0.717, 1.165) is 0 Å². The summed E-state index contributed by atoms with van der Waals surface area (Å²) in [5, 5.41) is 11.6. The normalized spacial score (nSPS) is 30.4. The maximum Gasteiger partial charge on any atom is 0.159 e. The summed E-state index contributed by atoms with van der Waals surface area (Å²) in [6.07, 6.45) is -0.417. The summed E-state index contributed by atoms with van der Waals surface area (Å²) < 4.78 is 27.4. The number of carbonyl (C=O) groups is 1. The van der Waals surface area contributed by atoms with Gasteiger partial charge in [-0.05, 0) is 0 Å². The van der Waals surface area contributed by atoms with Crippen molar-refractivity contribution in [3.8, 4) is 0 Å². The van der Waals surface area contributed by atoms with Crippen molar-refractivity contribution in [1.82, 2.24) is 0 Å². The molecule has 1 heterocycles. The second-order valence-electron chi connectivity index (χ2n) is 3.33. The van der Waals surface area contributed by atoms with Gasteiger partial charge in [-0.3, -0.25) is 0 Å². The lowest BCUT2D eigenvalue weighted by Gasteiger charge is -2.14. The number of carboxylic acid groups (broad SMARTS) is 1. The van der Waals surface area contributed by atoms with Gasteiger partial charge < -0.3 is 20.0 Å². The van der Waals surface area contributed by atoms with Crippen LogP contribution in [0.4, 0.5) is 0 Å². The fourth-order valence-corrected chi connectivity index (χ4v) is 3.51. The number of methoxy groups -OCH3 is 1. The average Bonchev–Trinajstić information content (AvgIpc) is 2.37. The molecule has 1 saturated heterocycles. The Labute approximate surface area is 82.2 Å². The number of ether oxygens (including phenoxy) is 1. The summed E-state index contributed by atoms with van der Waals surface area (Å²) >= 11 is 0. The maximum absolute atomic E-state index is 11.2. The quantitative estimate of drug-likeness (QED) is 0.525. The predicted octanol–water partition coefficient (Wildman–Crippen LogP) is -3.89. The monoisotopic (exact) mass is 223 g/mol. The second kappa shape index (κ2) is 4.24. The molecule has 1 fully saturated rings. The molecule has 14 heavy (non-hydrogen) atoms. The van der Waals surface area contributed by atoms with E-state index < -0.39 is 21.9 Å². The highest BCUT2D eigenvalue weighted by Gasteiger charge is 2.40. The van der Waals surface area contributed by atoms with Gasteiger partial charge in [-0.25, -0.2) is 8.42 Å². The lowest BCUT2D eigenvalue weighted by Crippen LogP contribution is -2.94. The van der Waals surface area contributed by atoms with Crippen molar-refractivity contribution < 1.29 is 28.4 Å². The van der Waals surface area contributed by atoms with Crippen molar-refractivity contribution in [1.29, 1.82) is 0 Å². The summed E-state index contributed by atoms with van der Waals surface area (Å²) in [6, 6.07) is -0.331. The van der Waals surface area contributed by atoms with E-state index in [0.29, 0.717) is 0 Å². The maximum atomic E-state index is 11.2. The van der Waals surface area contributed by atoms with Crippen LogP contribution in [0, 0.1) is 0 Å². The third kappa shape index (κ3) is 2.93. The van der Waals surface area contributed by atoms with Crippen LogP contribution in [0.25, 0.3) is 0 Å². The third-order valence-electron chi connectivity index (χ3n) is 2.23. The second-order valence-corrected chi connectivity index (χ2v) is 5.48. The SMILES string of the molecule is CO[C@@H]1CS(=O)(=O)C[C@H]1[NH2+]CC(=O)[O-]. The Morgan fingerprint density at radius 2 is 2.21 bits per heavy atom. The molecule has 1 aliphatic heterocycles. The number of carbonyl (C=O) groups excluding carboxylic acids is 1. The van der Waals surface area contributed by atoms with Crippen LogP contribution < -0.4 is 10.4 Å². The van der Waals surface area contributed by atoms with Gasteiger partial charge in [-0.2, -0.15) is 0 Å². The number of rotatable bonds is 4. The summed E-state index contributed by atoms with van der Waals surface area (Å²) in [5.41, 5.74) is 0. The molecule has 0 spiro atoms. The zero-order valence-corrected chi connectivity index (χ0v) is 8.62. The molecule has 0 saturated carbocycles. The minimum atomic E-state index is -3.07. The zero-order valence-electron chi connectivity index (χ0n) is 7.80. The van der Waals surface area contributed by atoms with Crippen LogP contribution in [0.3, 0.4) is 0 Å². The lowest BCUT2D eigenvalue weighted by atomic mass is 10.2. The molecule has 0 aromatic heterocycles. The van der Waals surface area contributed by atoms with E-state index in [9.17, 15) is 18.3 Å². The Kier molecular flexibility index (Phi) is 3.46. The van der Waals surface area contributed by atoms with Gasteiger partial charge in [0, 0.05) is 7.11 Å². The first-order valence-corrected chi connectivity index (χ1v) is 6.03. The van der Waals surface area contributed by atoms with Crippen molar-refractivity contribution in [2.45, 2.75) is 12.1 Å². The van der Waals surface area contributed by atoms with E-state index in [-0.39, 0.29) is 24.1 Å². The number of quaternary nitrogens is 1. The first kappa shape index (κ1) is 11.4. The number of nitrogens with two attached hydrogens (primary N) is 1. The fourth-order valence-electron chi connectivity index (χ4n) is 1.55. The zero-order chi connectivity index (χ0) is 10.8. The van der Waals surface area contributed by atoms with Crippen LogP contribution in [-0.2, 0) is 19.4 Å². The van der Waals surface area contributed by atoms with Crippen molar-refractivity contribution in [2.75, 3.05) is 25.2 Å². The minimum Gasteiger partial charge on any atom is -0.544 e. The van der Waals surface area contributed by atoms with Crippen LogP contribution in [0.15, 0.2) is 0 Å². The molecule has 1 rings (SSSR count). The average molecular weight is 223 g/mol. The topological polar surface area (TPSA) is 100 Å². The molecule has 0 radical (unpaired) electrons. The first-order chi connectivity index (χ1) is 6.44. The van der Waals surface area contributed by atoms with Crippen LogP contribution in [0.5, 0.6) is 0 Å². The van der Waals surface area contributed by atoms with E-state index in [4.69, 9.17) is 4.74 Å². The number of aliphatic carboxylic acids is 1. The van der Waals surface area contributed by atoms with E-state index in [1.807, 2.05) is 0 Å². The van der Waals surface area contributed by atoms with Crippen molar-refractivity contribution >= 4 is 15.8 Å². The Bertz CT molecular complexity index is 312. The highest BCUT2D eigenvalue weighted by molar-refractivity contribution is 7.91. The minimum absolute atomic E-state index is 0.0290. The van der Waals surface area contributed by atoms with E-state index in [1.54, 1.807) is 0 Å². The Morgan fingerprint density at radius 1 is 1.57 bits per heavy atom. The largest absolute Gasteiger partial charge is 0.544 e. The number of hydrogen-bond acceptors (Lipinski definition) is 5. The summed E-state index contributed by atoms with van der Waals surface area (Å²) in [4.78, 5) is 10.2. The summed E-state index contributed by atoms with van der Waals surface area (Å²) in [7, 11) is -1.65. The highest BCUT2D eigenvalue weighted by atomic mass is 32.2. The molecule has 7 heteroatoms. The Hall–Kier alpha value is -0.660. The Morgan fingerprint density at radius 3 is 2.71 bits per heavy atom. The summed E-state index contributed by atoms with van der Waals surface area (Å²) in [5.74, 6) is -1.26. The molecule has 0 aromatic carbocycles. The smallest absolute Gasteiger partial charge is 0.159 e. The molecule has 2 N–H and O–H groups in total. The van der Waals surface area contributed by atoms with Gasteiger partial charge in [0.05, 0.1) is 11.7 Å². The van der Waals surface area contributed by atoms with Crippen molar-refractivity contribution in [2.24, 2.45) is 0 Å². The van der Waals surface area contributed by atoms with E-state index in [2.05, 4.69) is 0 Å². The van der Waals surface area contributed by atoms with Crippen LogP contribution >= 0.6 is 0 Å².